The highest BCUT2D eigenvalue weighted by Crippen LogP contribution is 2.30. The lowest BCUT2D eigenvalue weighted by Gasteiger charge is -2.23. The van der Waals surface area contributed by atoms with Crippen LogP contribution >= 0.6 is 0 Å². The Bertz CT molecular complexity index is 606. The van der Waals surface area contributed by atoms with Crippen molar-refractivity contribution in [1.82, 2.24) is 4.90 Å². The van der Waals surface area contributed by atoms with E-state index in [1.807, 2.05) is 24.3 Å². The van der Waals surface area contributed by atoms with Crippen molar-refractivity contribution in [3.8, 4) is 5.75 Å². The Morgan fingerprint density at radius 2 is 1.73 bits per heavy atom. The SMILES string of the molecule is CCCCCCCCCCOc1ccccc1NC(=O)O[C@@H]1CCC[C@H]1CN(C)C. The van der Waals surface area contributed by atoms with E-state index in [-0.39, 0.29) is 12.2 Å². The van der Waals surface area contributed by atoms with Crippen molar-refractivity contribution in [2.24, 2.45) is 5.92 Å². The Labute approximate surface area is 183 Å². The summed E-state index contributed by atoms with van der Waals surface area (Å²) in [4.78, 5) is 14.6. The molecule has 1 aliphatic rings. The van der Waals surface area contributed by atoms with Crippen LogP contribution in [0.3, 0.4) is 0 Å². The van der Waals surface area contributed by atoms with E-state index >= 15 is 0 Å². The minimum Gasteiger partial charge on any atom is -0.491 e. The number of ether oxygens (including phenoxy) is 2. The molecular formula is C25H42N2O3. The zero-order valence-electron chi connectivity index (χ0n) is 19.3. The number of rotatable bonds is 14. The van der Waals surface area contributed by atoms with E-state index in [0.717, 1.165) is 32.2 Å². The van der Waals surface area contributed by atoms with Gasteiger partial charge >= 0.3 is 6.09 Å². The van der Waals surface area contributed by atoms with Gasteiger partial charge in [0.2, 0.25) is 0 Å². The molecule has 1 aromatic carbocycles. The van der Waals surface area contributed by atoms with Crippen LogP contribution in [0.5, 0.6) is 5.75 Å². The molecule has 1 fully saturated rings. The lowest BCUT2D eigenvalue weighted by molar-refractivity contribution is 0.0780. The van der Waals surface area contributed by atoms with Crippen LogP contribution in [0, 0.1) is 5.92 Å². The normalized spacial score (nSPS) is 18.5. The first-order valence-corrected chi connectivity index (χ1v) is 11.9. The summed E-state index contributed by atoms with van der Waals surface area (Å²) in [6.07, 6.45) is 13.0. The monoisotopic (exact) mass is 418 g/mol. The van der Waals surface area contributed by atoms with Crippen LogP contribution in [-0.2, 0) is 4.74 Å². The minimum absolute atomic E-state index is 0.00203. The first-order chi connectivity index (χ1) is 14.6. The third-order valence-corrected chi connectivity index (χ3v) is 5.83. The van der Waals surface area contributed by atoms with Crippen molar-refractivity contribution in [3.05, 3.63) is 24.3 Å². The molecule has 0 radical (unpaired) electrons. The third-order valence-electron chi connectivity index (χ3n) is 5.83. The summed E-state index contributed by atoms with van der Waals surface area (Å²) < 4.78 is 11.7. The highest BCUT2D eigenvalue weighted by atomic mass is 16.6. The Morgan fingerprint density at radius 3 is 2.47 bits per heavy atom. The number of carbonyl (C=O) groups is 1. The van der Waals surface area contributed by atoms with Gasteiger partial charge in [0.1, 0.15) is 11.9 Å². The van der Waals surface area contributed by atoms with Crippen LogP contribution in [0.1, 0.15) is 77.6 Å². The molecule has 0 saturated heterocycles. The second kappa shape index (κ2) is 14.3. The first-order valence-electron chi connectivity index (χ1n) is 11.9. The Balaban J connectivity index is 1.70. The summed E-state index contributed by atoms with van der Waals surface area (Å²) >= 11 is 0. The molecule has 1 saturated carbocycles. The minimum atomic E-state index is -0.381. The number of carbonyl (C=O) groups excluding carboxylic acids is 1. The quantitative estimate of drug-likeness (QED) is 0.351. The number of nitrogens with one attached hydrogen (secondary N) is 1. The van der Waals surface area contributed by atoms with Gasteiger partial charge in [0.15, 0.2) is 0 Å². The second-order valence-corrected chi connectivity index (χ2v) is 8.84. The molecule has 1 amide bonds. The average molecular weight is 419 g/mol. The van der Waals surface area contributed by atoms with Crippen molar-refractivity contribution in [2.75, 3.05) is 32.6 Å². The molecule has 0 aliphatic heterocycles. The molecule has 0 aromatic heterocycles. The van der Waals surface area contributed by atoms with Crippen molar-refractivity contribution < 1.29 is 14.3 Å². The van der Waals surface area contributed by atoms with Gasteiger partial charge in [0.05, 0.1) is 12.3 Å². The van der Waals surface area contributed by atoms with Gasteiger partial charge in [-0.15, -0.1) is 0 Å². The molecule has 5 nitrogen and oxygen atoms in total. The topological polar surface area (TPSA) is 50.8 Å². The standard InChI is InChI=1S/C25H42N2O3/c1-4-5-6-7-8-9-10-13-19-29-24-17-12-11-16-22(24)26-25(28)30-23-18-14-15-21(23)20-27(2)3/h11-12,16-17,21,23H,4-10,13-15,18-20H2,1-3H3,(H,26,28)/t21-,23+/m0/s1. The average Bonchev–Trinajstić information content (AvgIpc) is 3.13. The highest BCUT2D eigenvalue weighted by Gasteiger charge is 2.30. The summed E-state index contributed by atoms with van der Waals surface area (Å²) in [6, 6.07) is 7.62. The fourth-order valence-corrected chi connectivity index (χ4v) is 4.23. The van der Waals surface area contributed by atoms with E-state index in [0.29, 0.717) is 24.0 Å². The van der Waals surface area contributed by atoms with Gasteiger partial charge in [-0.05, 0) is 51.9 Å². The van der Waals surface area contributed by atoms with Crippen molar-refractivity contribution in [1.29, 1.82) is 0 Å². The van der Waals surface area contributed by atoms with Crippen LogP contribution in [0.15, 0.2) is 24.3 Å². The largest absolute Gasteiger partial charge is 0.491 e. The van der Waals surface area contributed by atoms with Gasteiger partial charge in [0, 0.05) is 12.5 Å². The van der Waals surface area contributed by atoms with E-state index in [2.05, 4.69) is 31.2 Å². The van der Waals surface area contributed by atoms with Gasteiger partial charge in [-0.25, -0.2) is 4.79 Å². The van der Waals surface area contributed by atoms with Crippen molar-refractivity contribution in [2.45, 2.75) is 83.7 Å². The van der Waals surface area contributed by atoms with Gasteiger partial charge in [-0.2, -0.15) is 0 Å². The van der Waals surface area contributed by atoms with Gasteiger partial charge in [0.25, 0.3) is 0 Å². The Kier molecular flexibility index (Phi) is 11.7. The molecule has 0 heterocycles. The van der Waals surface area contributed by atoms with Crippen LogP contribution in [0.25, 0.3) is 0 Å². The van der Waals surface area contributed by atoms with Gasteiger partial charge in [-0.3, -0.25) is 5.32 Å². The maximum absolute atomic E-state index is 12.5. The Morgan fingerprint density at radius 1 is 1.03 bits per heavy atom. The third kappa shape index (κ3) is 9.38. The number of unbranched alkanes of at least 4 members (excludes halogenated alkanes) is 7. The van der Waals surface area contributed by atoms with E-state index in [1.54, 1.807) is 0 Å². The van der Waals surface area contributed by atoms with Crippen LogP contribution in [0.4, 0.5) is 10.5 Å². The van der Waals surface area contributed by atoms with E-state index in [9.17, 15) is 4.79 Å². The molecule has 0 unspecified atom stereocenters. The number of hydrogen-bond donors (Lipinski definition) is 1. The van der Waals surface area contributed by atoms with E-state index in [1.165, 1.54) is 44.9 Å². The predicted molar refractivity (Wildman–Crippen MR) is 124 cm³/mol. The lowest BCUT2D eigenvalue weighted by atomic mass is 10.1. The zero-order valence-corrected chi connectivity index (χ0v) is 19.3. The highest BCUT2D eigenvalue weighted by molar-refractivity contribution is 5.86. The first kappa shape index (κ1) is 24.5. The number of benzene rings is 1. The number of anilines is 1. The molecule has 1 N–H and O–H groups in total. The number of nitrogens with zero attached hydrogens (tertiary/aromatic N) is 1. The smallest absolute Gasteiger partial charge is 0.412 e. The van der Waals surface area contributed by atoms with Gasteiger partial charge in [-0.1, -0.05) is 64.0 Å². The fourth-order valence-electron chi connectivity index (χ4n) is 4.23. The summed E-state index contributed by atoms with van der Waals surface area (Å²) in [5.74, 6) is 1.13. The maximum Gasteiger partial charge on any atom is 0.412 e. The van der Waals surface area contributed by atoms with Crippen molar-refractivity contribution in [3.63, 3.8) is 0 Å². The molecule has 0 bridgehead atoms. The molecule has 2 atom stereocenters. The van der Waals surface area contributed by atoms with E-state index < -0.39 is 0 Å². The van der Waals surface area contributed by atoms with Crippen LogP contribution in [-0.4, -0.2) is 44.3 Å². The summed E-state index contributed by atoms with van der Waals surface area (Å²) in [5.41, 5.74) is 0.684. The summed E-state index contributed by atoms with van der Waals surface area (Å²) in [7, 11) is 4.13. The fraction of sp³-hybridized carbons (Fsp3) is 0.720. The number of hydrogen-bond acceptors (Lipinski definition) is 4. The van der Waals surface area contributed by atoms with Crippen LogP contribution in [0.2, 0.25) is 0 Å². The lowest BCUT2D eigenvalue weighted by Crippen LogP contribution is -2.31. The van der Waals surface area contributed by atoms with E-state index in [4.69, 9.17) is 9.47 Å². The predicted octanol–water partition coefficient (Wildman–Crippen LogP) is 6.48. The van der Waals surface area contributed by atoms with Crippen molar-refractivity contribution >= 4 is 11.8 Å². The summed E-state index contributed by atoms with van der Waals surface area (Å²) in [5, 5.41) is 2.89. The molecule has 170 valence electrons. The number of para-hydroxylation sites is 2. The second-order valence-electron chi connectivity index (χ2n) is 8.84. The van der Waals surface area contributed by atoms with Gasteiger partial charge < -0.3 is 14.4 Å². The molecule has 1 aliphatic carbocycles. The maximum atomic E-state index is 12.5. The molecule has 0 spiro atoms. The molecular weight excluding hydrogens is 376 g/mol. The molecule has 30 heavy (non-hydrogen) atoms. The zero-order chi connectivity index (χ0) is 21.6. The molecule has 5 heteroatoms. The number of amides is 1. The molecule has 2 rings (SSSR count). The van der Waals surface area contributed by atoms with Crippen LogP contribution < -0.4 is 10.1 Å². The molecule has 1 aromatic rings. The Hall–Kier alpha value is -1.75. The summed E-state index contributed by atoms with van der Waals surface area (Å²) in [6.45, 7) is 3.88.